The molecular formula is C10H11Br2NO3. The van der Waals surface area contributed by atoms with Gasteiger partial charge in [-0.2, -0.15) is 0 Å². The number of primary amides is 1. The zero-order chi connectivity index (χ0) is 12.1. The van der Waals surface area contributed by atoms with Crippen LogP contribution >= 0.6 is 31.9 Å². The van der Waals surface area contributed by atoms with Crippen LogP contribution in [0.15, 0.2) is 21.1 Å². The summed E-state index contributed by atoms with van der Waals surface area (Å²) >= 11 is 6.65. The van der Waals surface area contributed by atoms with Crippen LogP contribution in [-0.2, 0) is 11.4 Å². The highest BCUT2D eigenvalue weighted by atomic mass is 79.9. The molecule has 4 nitrogen and oxygen atoms in total. The zero-order valence-corrected chi connectivity index (χ0v) is 11.5. The van der Waals surface area contributed by atoms with Crippen molar-refractivity contribution in [3.63, 3.8) is 0 Å². The van der Waals surface area contributed by atoms with Crippen molar-refractivity contribution >= 4 is 37.8 Å². The highest BCUT2D eigenvalue weighted by Gasteiger charge is 2.09. The second-order valence-corrected chi connectivity index (χ2v) is 4.82. The van der Waals surface area contributed by atoms with Crippen molar-refractivity contribution in [3.05, 3.63) is 26.6 Å². The molecule has 0 radical (unpaired) electrons. The fraction of sp³-hybridized carbons (Fsp3) is 0.300. The van der Waals surface area contributed by atoms with Gasteiger partial charge in [0.05, 0.1) is 28.6 Å². The summed E-state index contributed by atoms with van der Waals surface area (Å²) < 4.78 is 6.84. The van der Waals surface area contributed by atoms with Gasteiger partial charge in [0.25, 0.3) is 0 Å². The molecule has 0 fully saturated rings. The Morgan fingerprint density at radius 2 is 1.94 bits per heavy atom. The van der Waals surface area contributed by atoms with Gasteiger partial charge in [0.15, 0.2) is 0 Å². The molecule has 1 amide bonds. The summed E-state index contributed by atoms with van der Waals surface area (Å²) in [6.45, 7) is 0.184. The predicted molar refractivity (Wildman–Crippen MR) is 67.1 cm³/mol. The maximum absolute atomic E-state index is 10.5. The summed E-state index contributed by atoms with van der Waals surface area (Å²) in [4.78, 5) is 10.5. The van der Waals surface area contributed by atoms with E-state index in [0.29, 0.717) is 5.75 Å². The van der Waals surface area contributed by atoms with Crippen LogP contribution < -0.4 is 10.5 Å². The maximum atomic E-state index is 10.5. The highest BCUT2D eigenvalue weighted by molar-refractivity contribution is 9.11. The Hall–Kier alpha value is -0.590. The van der Waals surface area contributed by atoms with Crippen molar-refractivity contribution in [2.45, 2.75) is 13.0 Å². The quantitative estimate of drug-likeness (QED) is 0.850. The zero-order valence-electron chi connectivity index (χ0n) is 8.37. The number of rotatable bonds is 5. The summed E-state index contributed by atoms with van der Waals surface area (Å²) in [7, 11) is 0. The molecule has 1 aromatic carbocycles. The fourth-order valence-corrected chi connectivity index (χ4v) is 2.61. The van der Waals surface area contributed by atoms with Gasteiger partial charge in [0, 0.05) is 0 Å². The first-order valence-electron chi connectivity index (χ1n) is 4.54. The molecule has 0 spiro atoms. The van der Waals surface area contributed by atoms with E-state index >= 15 is 0 Å². The molecule has 0 bridgehead atoms. The molecule has 0 aliphatic heterocycles. The second kappa shape index (κ2) is 6.22. The lowest BCUT2D eigenvalue weighted by Crippen LogP contribution is -2.14. The molecule has 0 atom stereocenters. The molecule has 1 rings (SSSR count). The third kappa shape index (κ3) is 3.77. The molecule has 3 N–H and O–H groups in total. The average Bonchev–Trinajstić information content (AvgIpc) is 2.21. The minimum absolute atomic E-state index is 0.0429. The van der Waals surface area contributed by atoms with Gasteiger partial charge < -0.3 is 15.6 Å². The van der Waals surface area contributed by atoms with Crippen LogP contribution in [0, 0.1) is 0 Å². The van der Waals surface area contributed by atoms with Gasteiger partial charge in [-0.05, 0) is 49.6 Å². The van der Waals surface area contributed by atoms with Gasteiger partial charge in [-0.1, -0.05) is 0 Å². The first kappa shape index (κ1) is 13.5. The van der Waals surface area contributed by atoms with E-state index in [1.54, 1.807) is 12.1 Å². The van der Waals surface area contributed by atoms with Crippen LogP contribution in [0.1, 0.15) is 12.0 Å². The third-order valence-electron chi connectivity index (χ3n) is 1.84. The molecule has 0 saturated heterocycles. The number of benzene rings is 1. The van der Waals surface area contributed by atoms with Crippen LogP contribution in [0.25, 0.3) is 0 Å². The van der Waals surface area contributed by atoms with Crippen LogP contribution in [0.2, 0.25) is 0 Å². The topological polar surface area (TPSA) is 72.6 Å². The number of nitrogens with two attached hydrogens (primary N) is 1. The lowest BCUT2D eigenvalue weighted by Gasteiger charge is -2.10. The van der Waals surface area contributed by atoms with Crippen molar-refractivity contribution < 1.29 is 14.6 Å². The Morgan fingerprint density at radius 1 is 1.38 bits per heavy atom. The monoisotopic (exact) mass is 351 g/mol. The smallest absolute Gasteiger partial charge is 0.220 e. The Morgan fingerprint density at radius 3 is 2.38 bits per heavy atom. The van der Waals surface area contributed by atoms with E-state index in [0.717, 1.165) is 14.5 Å². The number of carbonyl (C=O) groups is 1. The summed E-state index contributed by atoms with van der Waals surface area (Å²) in [5.41, 5.74) is 5.77. The lowest BCUT2D eigenvalue weighted by molar-refractivity contribution is -0.118. The van der Waals surface area contributed by atoms with Gasteiger partial charge in [0.1, 0.15) is 5.75 Å². The molecule has 0 aliphatic carbocycles. The van der Waals surface area contributed by atoms with E-state index in [-0.39, 0.29) is 19.6 Å². The van der Waals surface area contributed by atoms with E-state index in [1.807, 2.05) is 0 Å². The molecule has 0 saturated carbocycles. The first-order chi connectivity index (χ1) is 7.54. The maximum Gasteiger partial charge on any atom is 0.220 e. The Kier molecular flexibility index (Phi) is 5.24. The van der Waals surface area contributed by atoms with Crippen molar-refractivity contribution in [1.82, 2.24) is 0 Å². The molecular weight excluding hydrogens is 342 g/mol. The van der Waals surface area contributed by atoms with Crippen LogP contribution in [0.4, 0.5) is 0 Å². The number of hydrogen-bond acceptors (Lipinski definition) is 3. The predicted octanol–water partition coefficient (Wildman–Crippen LogP) is 1.96. The Labute approximate surface area is 110 Å². The molecule has 0 aromatic heterocycles. The molecule has 0 unspecified atom stereocenters. The van der Waals surface area contributed by atoms with E-state index in [9.17, 15) is 4.79 Å². The standard InChI is InChI=1S/C10H11Br2NO3/c11-7-3-6(5-14)4-8(12)10(7)16-2-1-9(13)15/h3-4,14H,1-2,5H2,(H2,13,15). The summed E-state index contributed by atoms with van der Waals surface area (Å²) in [6.07, 6.45) is 0.167. The number of amides is 1. The van der Waals surface area contributed by atoms with Crippen molar-refractivity contribution in [3.8, 4) is 5.75 Å². The SMILES string of the molecule is NC(=O)CCOc1c(Br)cc(CO)cc1Br. The number of aliphatic hydroxyl groups excluding tert-OH is 1. The number of halogens is 2. The minimum atomic E-state index is -0.403. The van der Waals surface area contributed by atoms with Crippen molar-refractivity contribution in [2.75, 3.05) is 6.61 Å². The largest absolute Gasteiger partial charge is 0.491 e. The number of carbonyl (C=O) groups excluding carboxylic acids is 1. The van der Waals surface area contributed by atoms with Gasteiger partial charge >= 0.3 is 0 Å². The molecule has 88 valence electrons. The normalized spacial score (nSPS) is 10.2. The average molecular weight is 353 g/mol. The number of hydrogen-bond donors (Lipinski definition) is 2. The van der Waals surface area contributed by atoms with Gasteiger partial charge in [-0.25, -0.2) is 0 Å². The molecule has 1 aromatic rings. The molecule has 0 aliphatic rings. The van der Waals surface area contributed by atoms with E-state index in [1.165, 1.54) is 0 Å². The second-order valence-electron chi connectivity index (χ2n) is 3.11. The number of aliphatic hydroxyl groups is 1. The van der Waals surface area contributed by atoms with E-state index < -0.39 is 5.91 Å². The highest BCUT2D eigenvalue weighted by Crippen LogP contribution is 2.34. The molecule has 0 heterocycles. The lowest BCUT2D eigenvalue weighted by atomic mass is 10.2. The summed E-state index contributed by atoms with van der Waals surface area (Å²) in [5.74, 6) is 0.192. The van der Waals surface area contributed by atoms with Crippen LogP contribution in [0.5, 0.6) is 5.75 Å². The van der Waals surface area contributed by atoms with Crippen molar-refractivity contribution in [2.24, 2.45) is 5.73 Å². The van der Waals surface area contributed by atoms with E-state index in [2.05, 4.69) is 31.9 Å². The van der Waals surface area contributed by atoms with Crippen LogP contribution in [-0.4, -0.2) is 17.6 Å². The van der Waals surface area contributed by atoms with Gasteiger partial charge in [-0.3, -0.25) is 4.79 Å². The Bertz CT molecular complexity index is 373. The van der Waals surface area contributed by atoms with Crippen molar-refractivity contribution in [1.29, 1.82) is 0 Å². The number of ether oxygens (including phenoxy) is 1. The fourth-order valence-electron chi connectivity index (χ4n) is 1.10. The summed E-state index contributed by atoms with van der Waals surface area (Å²) in [6, 6.07) is 3.51. The van der Waals surface area contributed by atoms with Gasteiger partial charge in [0.2, 0.25) is 5.91 Å². The van der Waals surface area contributed by atoms with Crippen LogP contribution in [0.3, 0.4) is 0 Å². The molecule has 16 heavy (non-hydrogen) atoms. The first-order valence-corrected chi connectivity index (χ1v) is 6.13. The van der Waals surface area contributed by atoms with E-state index in [4.69, 9.17) is 15.6 Å². The molecule has 6 heteroatoms. The minimum Gasteiger partial charge on any atom is -0.491 e. The Balaban J connectivity index is 2.76. The third-order valence-corrected chi connectivity index (χ3v) is 3.01. The summed E-state index contributed by atoms with van der Waals surface area (Å²) in [5, 5.41) is 8.98. The van der Waals surface area contributed by atoms with Gasteiger partial charge in [-0.15, -0.1) is 0 Å².